The van der Waals surface area contributed by atoms with E-state index in [2.05, 4.69) is 26.1 Å². The van der Waals surface area contributed by atoms with E-state index >= 15 is 0 Å². The molecule has 0 radical (unpaired) electrons. The Balaban J connectivity index is 2.04. The van der Waals surface area contributed by atoms with Gasteiger partial charge >= 0.3 is 0 Å². The first kappa shape index (κ1) is 12.0. The van der Waals surface area contributed by atoms with Crippen LogP contribution in [-0.2, 0) is 9.47 Å². The molecule has 0 amide bonds. The van der Waals surface area contributed by atoms with Crippen LogP contribution >= 0.6 is 0 Å². The standard InChI is InChI=1S/C11H23NO2/c1-4-10(6-12-5-9(2)3)14-11-7-13-8-11/h9-12H,4-8H2,1-3H3. The lowest BCUT2D eigenvalue weighted by Crippen LogP contribution is -2.42. The van der Waals surface area contributed by atoms with Gasteiger partial charge in [-0.3, -0.25) is 0 Å². The third-order valence-corrected chi connectivity index (χ3v) is 2.37. The van der Waals surface area contributed by atoms with Gasteiger partial charge in [-0.25, -0.2) is 0 Å². The highest BCUT2D eigenvalue weighted by molar-refractivity contribution is 4.69. The van der Waals surface area contributed by atoms with Crippen molar-refractivity contribution >= 4 is 0 Å². The molecule has 1 unspecified atom stereocenters. The van der Waals surface area contributed by atoms with Gasteiger partial charge in [-0.15, -0.1) is 0 Å². The van der Waals surface area contributed by atoms with E-state index in [1.807, 2.05) is 0 Å². The second kappa shape index (κ2) is 6.38. The van der Waals surface area contributed by atoms with Crippen LogP contribution in [0.25, 0.3) is 0 Å². The van der Waals surface area contributed by atoms with E-state index in [1.165, 1.54) is 0 Å². The second-order valence-electron chi connectivity index (χ2n) is 4.38. The second-order valence-corrected chi connectivity index (χ2v) is 4.38. The lowest BCUT2D eigenvalue weighted by molar-refractivity contribution is -0.154. The predicted molar refractivity (Wildman–Crippen MR) is 57.5 cm³/mol. The molecule has 0 aromatic heterocycles. The number of hydrogen-bond acceptors (Lipinski definition) is 3. The fraction of sp³-hybridized carbons (Fsp3) is 1.00. The lowest BCUT2D eigenvalue weighted by atomic mass is 10.2. The van der Waals surface area contributed by atoms with Crippen LogP contribution in [-0.4, -0.2) is 38.5 Å². The molecule has 1 saturated heterocycles. The quantitative estimate of drug-likeness (QED) is 0.676. The monoisotopic (exact) mass is 201 g/mol. The van der Waals surface area contributed by atoms with Crippen LogP contribution < -0.4 is 5.32 Å². The highest BCUT2D eigenvalue weighted by Gasteiger charge is 2.22. The van der Waals surface area contributed by atoms with E-state index in [-0.39, 0.29) is 0 Å². The maximum atomic E-state index is 5.83. The molecule has 1 rings (SSSR count). The Labute approximate surface area is 87.2 Å². The summed E-state index contributed by atoms with van der Waals surface area (Å²) in [5, 5.41) is 3.42. The van der Waals surface area contributed by atoms with Gasteiger partial charge in [0.1, 0.15) is 6.10 Å². The van der Waals surface area contributed by atoms with Crippen LogP contribution in [0.15, 0.2) is 0 Å². The summed E-state index contributed by atoms with van der Waals surface area (Å²) in [4.78, 5) is 0. The average Bonchev–Trinajstić information content (AvgIpc) is 2.07. The normalized spacial score (nSPS) is 19.7. The van der Waals surface area contributed by atoms with Crippen molar-refractivity contribution < 1.29 is 9.47 Å². The highest BCUT2D eigenvalue weighted by Crippen LogP contribution is 2.10. The third-order valence-electron chi connectivity index (χ3n) is 2.37. The molecule has 84 valence electrons. The summed E-state index contributed by atoms with van der Waals surface area (Å²) in [5.74, 6) is 0.708. The minimum absolute atomic E-state index is 0.348. The Morgan fingerprint density at radius 1 is 1.36 bits per heavy atom. The molecule has 14 heavy (non-hydrogen) atoms. The van der Waals surface area contributed by atoms with E-state index in [9.17, 15) is 0 Å². The van der Waals surface area contributed by atoms with Crippen molar-refractivity contribution in [2.24, 2.45) is 5.92 Å². The topological polar surface area (TPSA) is 30.5 Å². The van der Waals surface area contributed by atoms with Crippen LogP contribution in [0, 0.1) is 5.92 Å². The smallest absolute Gasteiger partial charge is 0.105 e. The Morgan fingerprint density at radius 3 is 2.50 bits per heavy atom. The third kappa shape index (κ3) is 4.40. The number of rotatable bonds is 7. The van der Waals surface area contributed by atoms with Crippen molar-refractivity contribution in [1.82, 2.24) is 5.32 Å². The number of nitrogens with one attached hydrogen (secondary N) is 1. The average molecular weight is 201 g/mol. The van der Waals surface area contributed by atoms with E-state index in [4.69, 9.17) is 9.47 Å². The maximum absolute atomic E-state index is 5.83. The summed E-state index contributed by atoms with van der Waals surface area (Å²) >= 11 is 0. The molecule has 1 aliphatic heterocycles. The van der Waals surface area contributed by atoms with E-state index in [0.29, 0.717) is 18.1 Å². The molecular weight excluding hydrogens is 178 g/mol. The molecule has 0 saturated carbocycles. The van der Waals surface area contributed by atoms with E-state index in [0.717, 1.165) is 32.7 Å². The summed E-state index contributed by atoms with van der Waals surface area (Å²) in [7, 11) is 0. The summed E-state index contributed by atoms with van der Waals surface area (Å²) < 4.78 is 10.9. The van der Waals surface area contributed by atoms with Gasteiger partial charge < -0.3 is 14.8 Å². The summed E-state index contributed by atoms with van der Waals surface area (Å²) in [5.41, 5.74) is 0. The zero-order chi connectivity index (χ0) is 10.4. The SMILES string of the molecule is CCC(CNCC(C)C)OC1COC1. The zero-order valence-corrected chi connectivity index (χ0v) is 9.58. The van der Waals surface area contributed by atoms with Crippen LogP contribution in [0.5, 0.6) is 0 Å². The van der Waals surface area contributed by atoms with Crippen molar-refractivity contribution in [3.8, 4) is 0 Å². The van der Waals surface area contributed by atoms with Crippen LogP contribution in [0.3, 0.4) is 0 Å². The first-order valence-corrected chi connectivity index (χ1v) is 5.66. The summed E-state index contributed by atoms with van der Waals surface area (Å²) in [6.07, 6.45) is 1.77. The summed E-state index contributed by atoms with van der Waals surface area (Å²) in [6.45, 7) is 10.2. The molecule has 0 aliphatic carbocycles. The van der Waals surface area contributed by atoms with Gasteiger partial charge in [-0.2, -0.15) is 0 Å². The van der Waals surface area contributed by atoms with Crippen LogP contribution in [0.1, 0.15) is 27.2 Å². The molecule has 1 N–H and O–H groups in total. The van der Waals surface area contributed by atoms with Gasteiger partial charge in [0.05, 0.1) is 19.3 Å². The molecule has 1 aliphatic rings. The van der Waals surface area contributed by atoms with Crippen molar-refractivity contribution in [1.29, 1.82) is 0 Å². The minimum Gasteiger partial charge on any atom is -0.376 e. The largest absolute Gasteiger partial charge is 0.376 e. The predicted octanol–water partition coefficient (Wildman–Crippen LogP) is 1.43. The van der Waals surface area contributed by atoms with Crippen LogP contribution in [0.4, 0.5) is 0 Å². The number of hydrogen-bond donors (Lipinski definition) is 1. The number of ether oxygens (including phenoxy) is 2. The Hall–Kier alpha value is -0.120. The van der Waals surface area contributed by atoms with Crippen molar-refractivity contribution in [2.45, 2.75) is 39.4 Å². The minimum atomic E-state index is 0.348. The molecule has 3 heteroatoms. The van der Waals surface area contributed by atoms with Crippen molar-refractivity contribution in [2.75, 3.05) is 26.3 Å². The fourth-order valence-electron chi connectivity index (χ4n) is 1.39. The Bertz CT molecular complexity index is 146. The molecule has 0 aromatic rings. The first-order valence-electron chi connectivity index (χ1n) is 5.66. The molecule has 0 bridgehead atoms. The summed E-state index contributed by atoms with van der Waals surface area (Å²) in [6, 6.07) is 0. The van der Waals surface area contributed by atoms with Crippen molar-refractivity contribution in [3.05, 3.63) is 0 Å². The van der Waals surface area contributed by atoms with Gasteiger partial charge in [-0.1, -0.05) is 20.8 Å². The molecular formula is C11H23NO2. The Kier molecular flexibility index (Phi) is 5.45. The fourth-order valence-corrected chi connectivity index (χ4v) is 1.39. The molecule has 1 heterocycles. The highest BCUT2D eigenvalue weighted by atomic mass is 16.6. The van der Waals surface area contributed by atoms with Crippen LogP contribution in [0.2, 0.25) is 0 Å². The van der Waals surface area contributed by atoms with Gasteiger partial charge in [0.15, 0.2) is 0 Å². The lowest BCUT2D eigenvalue weighted by Gasteiger charge is -2.30. The zero-order valence-electron chi connectivity index (χ0n) is 9.58. The molecule has 3 nitrogen and oxygen atoms in total. The maximum Gasteiger partial charge on any atom is 0.105 e. The van der Waals surface area contributed by atoms with Gasteiger partial charge in [0.25, 0.3) is 0 Å². The first-order chi connectivity index (χ1) is 6.72. The van der Waals surface area contributed by atoms with Gasteiger partial charge in [0.2, 0.25) is 0 Å². The van der Waals surface area contributed by atoms with Gasteiger partial charge in [-0.05, 0) is 18.9 Å². The van der Waals surface area contributed by atoms with E-state index < -0.39 is 0 Å². The molecule has 0 aromatic carbocycles. The molecule has 1 atom stereocenters. The van der Waals surface area contributed by atoms with E-state index in [1.54, 1.807) is 0 Å². The Morgan fingerprint density at radius 2 is 2.07 bits per heavy atom. The van der Waals surface area contributed by atoms with Crippen molar-refractivity contribution in [3.63, 3.8) is 0 Å². The molecule has 0 spiro atoms. The van der Waals surface area contributed by atoms with Gasteiger partial charge in [0, 0.05) is 6.54 Å². The molecule has 1 fully saturated rings.